The number of nitrogens with zero attached hydrogens (tertiary/aromatic N) is 1. The maximum atomic E-state index is 13.1. The van der Waals surface area contributed by atoms with Gasteiger partial charge in [-0.3, -0.25) is 9.59 Å². The number of carbonyl (C=O) groups is 2. The molecule has 1 aliphatic rings. The van der Waals surface area contributed by atoms with Crippen molar-refractivity contribution in [3.05, 3.63) is 29.6 Å². The van der Waals surface area contributed by atoms with Gasteiger partial charge >= 0.3 is 0 Å². The lowest BCUT2D eigenvalue weighted by molar-refractivity contribution is -0.114. The van der Waals surface area contributed by atoms with Crippen molar-refractivity contribution >= 4 is 17.4 Å². The zero-order valence-electron chi connectivity index (χ0n) is 11.4. The lowest BCUT2D eigenvalue weighted by atomic mass is 10.1. The summed E-state index contributed by atoms with van der Waals surface area (Å²) in [6, 6.07) is 3.84. The van der Waals surface area contributed by atoms with Gasteiger partial charge in [-0.15, -0.1) is 0 Å². The number of nitrogens with one attached hydrogen (secondary N) is 1. The third kappa shape index (κ3) is 2.86. The van der Waals surface area contributed by atoms with E-state index < -0.39 is 23.6 Å². The average Bonchev–Trinajstić information content (AvgIpc) is 2.61. The van der Waals surface area contributed by atoms with Crippen LogP contribution in [0.4, 0.5) is 10.1 Å². The van der Waals surface area contributed by atoms with Crippen molar-refractivity contribution in [3.8, 4) is 0 Å². The number of hydrogen-bond donors (Lipinski definition) is 2. The topological polar surface area (TPSA) is 69.6 Å². The molecule has 0 spiro atoms. The van der Waals surface area contributed by atoms with Gasteiger partial charge < -0.3 is 15.3 Å². The van der Waals surface area contributed by atoms with Gasteiger partial charge in [0.15, 0.2) is 0 Å². The molecule has 2 N–H and O–H groups in total. The number of halogens is 1. The molecular formula is C14H17FN2O3. The number of carbonyl (C=O) groups excluding carboxylic acids is 2. The van der Waals surface area contributed by atoms with E-state index in [1.54, 1.807) is 0 Å². The molecule has 0 aliphatic carbocycles. The van der Waals surface area contributed by atoms with Crippen molar-refractivity contribution in [3.63, 3.8) is 0 Å². The normalized spacial score (nSPS) is 15.9. The number of amides is 1. The number of benzene rings is 1. The summed E-state index contributed by atoms with van der Waals surface area (Å²) in [5.74, 6) is -2.02. The van der Waals surface area contributed by atoms with Crippen LogP contribution in [0.2, 0.25) is 0 Å². The Morgan fingerprint density at radius 2 is 2.05 bits per heavy atom. The molecule has 6 heteroatoms. The Kier molecular flexibility index (Phi) is 4.15. The first kappa shape index (κ1) is 14.6. The summed E-state index contributed by atoms with van der Waals surface area (Å²) in [6.45, 7) is 4.19. The third-order valence-corrected chi connectivity index (χ3v) is 3.09. The Hall–Kier alpha value is -1.79. The van der Waals surface area contributed by atoms with Crippen molar-refractivity contribution in [2.45, 2.75) is 26.0 Å². The number of rotatable bonds is 5. The fourth-order valence-electron chi connectivity index (χ4n) is 2.10. The number of ketones is 1. The molecule has 0 bridgehead atoms. The molecule has 0 saturated heterocycles. The van der Waals surface area contributed by atoms with Crippen LogP contribution in [0.3, 0.4) is 0 Å². The van der Waals surface area contributed by atoms with E-state index in [1.165, 1.54) is 17.0 Å². The van der Waals surface area contributed by atoms with Gasteiger partial charge in [0.1, 0.15) is 5.82 Å². The van der Waals surface area contributed by atoms with Crippen LogP contribution in [0.25, 0.3) is 0 Å². The number of β-amino-alcohol motifs (C(OH)–C–C–N with tert-alkyl or cyclic N) is 1. The Morgan fingerprint density at radius 3 is 2.70 bits per heavy atom. The quantitative estimate of drug-likeness (QED) is 0.780. The highest BCUT2D eigenvalue weighted by molar-refractivity contribution is 6.52. The molecule has 0 fully saturated rings. The van der Waals surface area contributed by atoms with E-state index in [9.17, 15) is 19.1 Å². The standard InChI is InChI=1S/C14H17FN2O3/c1-8(2)16-6-10(18)7-17-12-4-3-9(15)5-11(12)13(19)14(17)20/h3-5,8,10,16,18H,6-7H2,1-2H3. The predicted octanol–water partition coefficient (Wildman–Crippen LogP) is 0.714. The Balaban J connectivity index is 2.14. The highest BCUT2D eigenvalue weighted by Gasteiger charge is 2.36. The molecule has 1 heterocycles. The van der Waals surface area contributed by atoms with E-state index in [0.717, 1.165) is 6.07 Å². The molecule has 1 aromatic carbocycles. The second kappa shape index (κ2) is 5.68. The zero-order valence-corrected chi connectivity index (χ0v) is 11.4. The summed E-state index contributed by atoms with van der Waals surface area (Å²) in [6.07, 6.45) is -0.801. The van der Waals surface area contributed by atoms with Crippen molar-refractivity contribution in [2.24, 2.45) is 0 Å². The zero-order chi connectivity index (χ0) is 14.9. The predicted molar refractivity (Wildman–Crippen MR) is 72.2 cm³/mol. The molecule has 1 atom stereocenters. The van der Waals surface area contributed by atoms with E-state index in [1.807, 2.05) is 13.8 Å². The van der Waals surface area contributed by atoms with Crippen LogP contribution in [-0.2, 0) is 4.79 Å². The minimum atomic E-state index is -0.801. The molecular weight excluding hydrogens is 263 g/mol. The average molecular weight is 280 g/mol. The van der Waals surface area contributed by atoms with Crippen LogP contribution in [0.15, 0.2) is 18.2 Å². The minimum absolute atomic E-state index is 0.00290. The van der Waals surface area contributed by atoms with Gasteiger partial charge in [0.25, 0.3) is 11.7 Å². The largest absolute Gasteiger partial charge is 0.390 e. The summed E-state index contributed by atoms with van der Waals surface area (Å²) >= 11 is 0. The molecule has 1 amide bonds. The number of aliphatic hydroxyl groups excluding tert-OH is 1. The van der Waals surface area contributed by atoms with E-state index in [2.05, 4.69) is 5.32 Å². The monoisotopic (exact) mass is 280 g/mol. The molecule has 108 valence electrons. The lowest BCUT2D eigenvalue weighted by Gasteiger charge is -2.21. The first-order valence-electron chi connectivity index (χ1n) is 6.47. The van der Waals surface area contributed by atoms with Gasteiger partial charge in [-0.1, -0.05) is 13.8 Å². The third-order valence-electron chi connectivity index (χ3n) is 3.09. The molecule has 0 radical (unpaired) electrons. The molecule has 1 aliphatic heterocycles. The molecule has 1 aromatic rings. The Morgan fingerprint density at radius 1 is 1.35 bits per heavy atom. The summed E-state index contributed by atoms with van der Waals surface area (Å²) in [5, 5.41) is 12.9. The van der Waals surface area contributed by atoms with Crippen molar-refractivity contribution in [1.82, 2.24) is 5.32 Å². The second-order valence-electron chi connectivity index (χ2n) is 5.12. The van der Waals surface area contributed by atoms with Gasteiger partial charge in [-0.05, 0) is 18.2 Å². The number of aliphatic hydroxyl groups is 1. The van der Waals surface area contributed by atoms with Gasteiger partial charge in [0.2, 0.25) is 0 Å². The van der Waals surface area contributed by atoms with Gasteiger partial charge in [-0.25, -0.2) is 4.39 Å². The molecule has 0 aromatic heterocycles. The molecule has 2 rings (SSSR count). The van der Waals surface area contributed by atoms with Crippen LogP contribution in [-0.4, -0.2) is 42.0 Å². The maximum Gasteiger partial charge on any atom is 0.299 e. The molecule has 0 saturated carbocycles. The van der Waals surface area contributed by atoms with Crippen LogP contribution in [0, 0.1) is 5.82 Å². The number of hydrogen-bond acceptors (Lipinski definition) is 4. The highest BCUT2D eigenvalue weighted by atomic mass is 19.1. The molecule has 5 nitrogen and oxygen atoms in total. The van der Waals surface area contributed by atoms with Gasteiger partial charge in [0, 0.05) is 12.6 Å². The van der Waals surface area contributed by atoms with E-state index >= 15 is 0 Å². The van der Waals surface area contributed by atoms with E-state index in [4.69, 9.17) is 0 Å². The second-order valence-corrected chi connectivity index (χ2v) is 5.12. The summed E-state index contributed by atoms with van der Waals surface area (Å²) in [4.78, 5) is 24.8. The van der Waals surface area contributed by atoms with E-state index in [0.29, 0.717) is 12.2 Å². The van der Waals surface area contributed by atoms with Crippen molar-refractivity contribution < 1.29 is 19.1 Å². The van der Waals surface area contributed by atoms with E-state index in [-0.39, 0.29) is 18.2 Å². The first-order valence-corrected chi connectivity index (χ1v) is 6.47. The summed E-state index contributed by atoms with van der Waals surface area (Å²) in [7, 11) is 0. The SMILES string of the molecule is CC(C)NCC(O)CN1C(=O)C(=O)c2cc(F)ccc21. The lowest BCUT2D eigenvalue weighted by Crippen LogP contribution is -2.42. The Bertz CT molecular complexity index is 545. The van der Waals surface area contributed by atoms with Crippen LogP contribution < -0.4 is 10.2 Å². The van der Waals surface area contributed by atoms with Crippen molar-refractivity contribution in [2.75, 3.05) is 18.0 Å². The van der Waals surface area contributed by atoms with Crippen LogP contribution >= 0.6 is 0 Å². The van der Waals surface area contributed by atoms with Crippen LogP contribution in [0.5, 0.6) is 0 Å². The number of Topliss-reactive ketones (excluding diaryl/α,β-unsaturated/α-hetero) is 1. The number of anilines is 1. The fraction of sp³-hybridized carbons (Fsp3) is 0.429. The summed E-state index contributed by atoms with van der Waals surface area (Å²) in [5.41, 5.74) is 0.406. The maximum absolute atomic E-state index is 13.1. The van der Waals surface area contributed by atoms with Gasteiger partial charge in [0.05, 0.1) is 23.9 Å². The number of fused-ring (bicyclic) bond motifs is 1. The molecule has 1 unspecified atom stereocenters. The first-order chi connectivity index (χ1) is 9.40. The fourth-order valence-corrected chi connectivity index (χ4v) is 2.10. The van der Waals surface area contributed by atoms with Crippen LogP contribution in [0.1, 0.15) is 24.2 Å². The molecule has 20 heavy (non-hydrogen) atoms. The summed E-state index contributed by atoms with van der Waals surface area (Å²) < 4.78 is 13.1. The van der Waals surface area contributed by atoms with Crippen molar-refractivity contribution in [1.29, 1.82) is 0 Å². The van der Waals surface area contributed by atoms with Gasteiger partial charge in [-0.2, -0.15) is 0 Å². The smallest absolute Gasteiger partial charge is 0.299 e. The Labute approximate surface area is 116 Å². The minimum Gasteiger partial charge on any atom is -0.390 e. The highest BCUT2D eigenvalue weighted by Crippen LogP contribution is 2.29.